The van der Waals surface area contributed by atoms with Crippen molar-refractivity contribution >= 4 is 19.3 Å². The van der Waals surface area contributed by atoms with E-state index in [9.17, 15) is 0 Å². The molecule has 1 nitrogen and oxygen atoms in total. The van der Waals surface area contributed by atoms with Gasteiger partial charge in [0, 0.05) is 0 Å². The summed E-state index contributed by atoms with van der Waals surface area (Å²) in [6.07, 6.45) is 5.93. The van der Waals surface area contributed by atoms with Gasteiger partial charge in [-0.05, 0) is 13.0 Å². The minimum absolute atomic E-state index is 0.985. The third-order valence-electron chi connectivity index (χ3n) is 1.43. The van der Waals surface area contributed by atoms with Crippen LogP contribution in [0.15, 0.2) is 11.8 Å². The van der Waals surface area contributed by atoms with Gasteiger partial charge in [0.25, 0.3) is 0 Å². The molecule has 0 radical (unpaired) electrons. The van der Waals surface area contributed by atoms with Gasteiger partial charge in [-0.25, -0.2) is 0 Å². The molecule has 0 fully saturated rings. The molecule has 0 rings (SSSR count). The van der Waals surface area contributed by atoms with E-state index in [1.165, 1.54) is 19.3 Å². The van der Waals surface area contributed by atoms with Gasteiger partial charge in [0.05, 0.1) is 0 Å². The van der Waals surface area contributed by atoms with E-state index in [0.717, 1.165) is 6.54 Å². The Hall–Kier alpha value is 0.207. The Labute approximate surface area is 76.2 Å². The van der Waals surface area contributed by atoms with Crippen molar-refractivity contribution in [3.8, 4) is 0 Å². The number of halogens is 1. The lowest BCUT2D eigenvalue weighted by atomic mass is 10.2. The molecule has 66 valence electrons. The third-order valence-corrected chi connectivity index (χ3v) is 3.74. The first-order valence-electron chi connectivity index (χ1n) is 4.35. The molecule has 0 bridgehead atoms. The van der Waals surface area contributed by atoms with Crippen molar-refractivity contribution in [3.05, 3.63) is 11.8 Å². The van der Waals surface area contributed by atoms with Gasteiger partial charge in [-0.1, -0.05) is 38.5 Å². The fourth-order valence-corrected chi connectivity index (χ4v) is 2.53. The molecule has 0 aromatic carbocycles. The van der Waals surface area contributed by atoms with Crippen LogP contribution in [0.3, 0.4) is 0 Å². The number of unbranched alkanes of at least 4 members (excludes halogenated alkanes) is 2. The van der Waals surface area contributed by atoms with Crippen molar-refractivity contribution in [1.82, 2.24) is 4.98 Å². The van der Waals surface area contributed by atoms with Crippen LogP contribution in [-0.2, 0) is 0 Å². The lowest BCUT2D eigenvalue weighted by Gasteiger charge is -2.00. The summed E-state index contributed by atoms with van der Waals surface area (Å²) < 4.78 is 0. The van der Waals surface area contributed by atoms with E-state index in [4.69, 9.17) is 11.1 Å². The molecule has 0 aliphatic heterocycles. The van der Waals surface area contributed by atoms with Crippen LogP contribution in [0.4, 0.5) is 0 Å². The second kappa shape index (κ2) is 8.30. The topological polar surface area (TPSA) is 12.0 Å². The lowest BCUT2D eigenvalue weighted by Crippen LogP contribution is -2.26. The SMILES string of the molecule is CCCCC=C[SiH](Cl)NCC. The van der Waals surface area contributed by atoms with Crippen molar-refractivity contribution in [3.63, 3.8) is 0 Å². The minimum Gasteiger partial charge on any atom is -0.325 e. The average molecular weight is 192 g/mol. The molecule has 1 atom stereocenters. The monoisotopic (exact) mass is 191 g/mol. The van der Waals surface area contributed by atoms with E-state index >= 15 is 0 Å². The van der Waals surface area contributed by atoms with Crippen molar-refractivity contribution in [2.75, 3.05) is 6.54 Å². The predicted octanol–water partition coefficient (Wildman–Crippen LogP) is 2.34. The molecule has 0 aromatic heterocycles. The zero-order valence-electron chi connectivity index (χ0n) is 7.44. The maximum absolute atomic E-state index is 6.00. The van der Waals surface area contributed by atoms with E-state index in [1.807, 2.05) is 0 Å². The second-order valence-electron chi connectivity index (χ2n) is 2.53. The van der Waals surface area contributed by atoms with Crippen LogP contribution in [0.1, 0.15) is 33.1 Å². The van der Waals surface area contributed by atoms with Gasteiger partial charge in [0.15, 0.2) is 0 Å². The highest BCUT2D eigenvalue weighted by Crippen LogP contribution is 1.96. The highest BCUT2D eigenvalue weighted by molar-refractivity contribution is 7.08. The van der Waals surface area contributed by atoms with Gasteiger partial charge >= 0.3 is 0 Å². The quantitative estimate of drug-likeness (QED) is 0.386. The summed E-state index contributed by atoms with van der Waals surface area (Å²) in [6.45, 7) is 5.27. The molecule has 0 saturated heterocycles. The minimum atomic E-state index is -1.20. The Morgan fingerprint density at radius 2 is 2.18 bits per heavy atom. The number of nitrogens with one attached hydrogen (secondary N) is 1. The standard InChI is InChI=1S/C8H18ClNSi/c1-3-5-6-7-8-11(9)10-4-2/h7-8,10-11H,3-6H2,1-2H3. The molecule has 0 aliphatic carbocycles. The summed E-state index contributed by atoms with van der Waals surface area (Å²) in [5.41, 5.74) is 2.15. The first-order valence-corrected chi connectivity index (χ1v) is 7.34. The Morgan fingerprint density at radius 3 is 2.73 bits per heavy atom. The van der Waals surface area contributed by atoms with Crippen LogP contribution in [-0.4, -0.2) is 14.8 Å². The molecular formula is C8H18ClNSi. The molecule has 0 heterocycles. The number of hydrogen-bond donors (Lipinski definition) is 1. The van der Waals surface area contributed by atoms with Crippen molar-refractivity contribution in [1.29, 1.82) is 0 Å². The van der Waals surface area contributed by atoms with E-state index in [1.54, 1.807) is 0 Å². The normalized spacial score (nSPS) is 14.1. The molecular weight excluding hydrogens is 174 g/mol. The third kappa shape index (κ3) is 8.11. The predicted molar refractivity (Wildman–Crippen MR) is 55.3 cm³/mol. The van der Waals surface area contributed by atoms with Gasteiger partial charge in [-0.3, -0.25) is 0 Å². The molecule has 0 spiro atoms. The Balaban J connectivity index is 3.24. The van der Waals surface area contributed by atoms with E-state index in [2.05, 4.69) is 30.6 Å². The summed E-state index contributed by atoms with van der Waals surface area (Å²) in [4.78, 5) is 3.24. The molecule has 11 heavy (non-hydrogen) atoms. The molecule has 0 aliphatic rings. The van der Waals surface area contributed by atoms with Gasteiger partial charge in [-0.15, -0.1) is 11.1 Å². The first kappa shape index (κ1) is 11.2. The fourth-order valence-electron chi connectivity index (χ4n) is 0.801. The molecule has 0 aromatic rings. The van der Waals surface area contributed by atoms with Gasteiger partial charge in [-0.2, -0.15) is 0 Å². The summed E-state index contributed by atoms with van der Waals surface area (Å²) in [5, 5.41) is 0. The molecule has 1 N–H and O–H groups in total. The first-order chi connectivity index (χ1) is 5.31. The van der Waals surface area contributed by atoms with Crippen molar-refractivity contribution in [2.24, 2.45) is 0 Å². The number of allylic oxidation sites excluding steroid dienone is 1. The highest BCUT2D eigenvalue weighted by atomic mass is 35.6. The number of rotatable bonds is 6. The summed E-state index contributed by atoms with van der Waals surface area (Å²) in [5.74, 6) is 0. The summed E-state index contributed by atoms with van der Waals surface area (Å²) in [6, 6.07) is 0. The van der Waals surface area contributed by atoms with Gasteiger partial charge in [0.2, 0.25) is 8.27 Å². The average Bonchev–Trinajstić information content (AvgIpc) is 1.99. The van der Waals surface area contributed by atoms with Crippen molar-refractivity contribution in [2.45, 2.75) is 33.1 Å². The maximum Gasteiger partial charge on any atom is 0.234 e. The lowest BCUT2D eigenvalue weighted by molar-refractivity contribution is 0.815. The van der Waals surface area contributed by atoms with E-state index in [0.29, 0.717) is 0 Å². The van der Waals surface area contributed by atoms with Crippen LogP contribution < -0.4 is 4.98 Å². The smallest absolute Gasteiger partial charge is 0.234 e. The summed E-state index contributed by atoms with van der Waals surface area (Å²) in [7, 11) is -1.20. The van der Waals surface area contributed by atoms with E-state index in [-0.39, 0.29) is 0 Å². The number of hydrogen-bond acceptors (Lipinski definition) is 1. The van der Waals surface area contributed by atoms with Gasteiger partial charge in [0.1, 0.15) is 0 Å². The van der Waals surface area contributed by atoms with Crippen molar-refractivity contribution < 1.29 is 0 Å². The highest BCUT2D eigenvalue weighted by Gasteiger charge is 1.96. The fraction of sp³-hybridized carbons (Fsp3) is 0.750. The van der Waals surface area contributed by atoms with Crippen LogP contribution >= 0.6 is 11.1 Å². The van der Waals surface area contributed by atoms with Crippen LogP contribution in [0.25, 0.3) is 0 Å². The Kier molecular flexibility index (Phi) is 8.46. The maximum atomic E-state index is 6.00. The van der Waals surface area contributed by atoms with Gasteiger partial charge < -0.3 is 4.98 Å². The zero-order chi connectivity index (χ0) is 8.53. The molecule has 0 saturated carbocycles. The largest absolute Gasteiger partial charge is 0.325 e. The van der Waals surface area contributed by atoms with Crippen LogP contribution in [0, 0.1) is 0 Å². The zero-order valence-corrected chi connectivity index (χ0v) is 9.35. The second-order valence-corrected chi connectivity index (χ2v) is 5.54. The molecule has 0 amide bonds. The summed E-state index contributed by atoms with van der Waals surface area (Å²) >= 11 is 6.00. The van der Waals surface area contributed by atoms with E-state index < -0.39 is 8.27 Å². The molecule has 1 unspecified atom stereocenters. The Bertz CT molecular complexity index is 106. The van der Waals surface area contributed by atoms with Crippen LogP contribution in [0.5, 0.6) is 0 Å². The van der Waals surface area contributed by atoms with Crippen LogP contribution in [0.2, 0.25) is 0 Å². The molecule has 3 heteroatoms. The Morgan fingerprint density at radius 1 is 1.45 bits per heavy atom.